The first-order valence-corrected chi connectivity index (χ1v) is 17.0. The summed E-state index contributed by atoms with van der Waals surface area (Å²) in [5, 5.41) is 0. The zero-order chi connectivity index (χ0) is 31.7. The minimum Gasteiger partial charge on any atom is -0.496 e. The Kier molecular flexibility index (Phi) is 14.7. The van der Waals surface area contributed by atoms with Gasteiger partial charge < -0.3 is 19.3 Å². The number of nitrogens with zero attached hydrogens (tertiary/aromatic N) is 4. The topological polar surface area (TPSA) is 41.2 Å². The molecular weight excluding hydrogens is 585 g/mol. The van der Waals surface area contributed by atoms with Crippen LogP contribution in [0.5, 0.6) is 11.5 Å². The summed E-state index contributed by atoms with van der Waals surface area (Å²) >= 11 is 0. The highest BCUT2D eigenvalue weighted by molar-refractivity contribution is 8.76. The second kappa shape index (κ2) is 18.7. The second-order valence-electron chi connectivity index (χ2n) is 10.2. The van der Waals surface area contributed by atoms with Gasteiger partial charge in [-0.3, -0.25) is 4.99 Å². The molecule has 0 radical (unpaired) electrons. The first kappa shape index (κ1) is 34.6. The van der Waals surface area contributed by atoms with Crippen LogP contribution < -0.4 is 23.8 Å². The van der Waals surface area contributed by atoms with Crippen LogP contribution in [0.4, 0.5) is 11.4 Å². The van der Waals surface area contributed by atoms with E-state index in [2.05, 4.69) is 92.9 Å². The summed E-state index contributed by atoms with van der Waals surface area (Å²) in [5.41, 5.74) is 6.44. The van der Waals surface area contributed by atoms with Gasteiger partial charge in [0.25, 0.3) is 0 Å². The Bertz CT molecular complexity index is 1460. The Morgan fingerprint density at radius 2 is 1.41 bits per heavy atom. The molecule has 0 unspecified atom stereocenters. The van der Waals surface area contributed by atoms with Crippen LogP contribution >= 0.6 is 21.6 Å². The third-order valence-corrected chi connectivity index (χ3v) is 9.09. The minimum atomic E-state index is 0.777. The Hall–Kier alpha value is -3.88. The number of aromatic nitrogens is 1. The molecule has 1 heterocycles. The summed E-state index contributed by atoms with van der Waals surface area (Å²) in [6, 6.07) is 16.7. The average Bonchev–Trinajstić information content (AvgIpc) is 3.04. The fraction of sp³-hybridized carbons (Fsp3) is 0.278. The first-order valence-electron chi connectivity index (χ1n) is 14.5. The summed E-state index contributed by atoms with van der Waals surface area (Å²) in [6.45, 7) is 5.67. The molecule has 2 aromatic carbocycles. The van der Waals surface area contributed by atoms with Crippen LogP contribution in [0.15, 0.2) is 96.3 Å². The van der Waals surface area contributed by atoms with Crippen molar-refractivity contribution >= 4 is 57.4 Å². The molecule has 0 atom stereocenters. The summed E-state index contributed by atoms with van der Waals surface area (Å²) in [5.74, 6) is 3.71. The third kappa shape index (κ3) is 11.3. The van der Waals surface area contributed by atoms with Crippen LogP contribution in [0.3, 0.4) is 0 Å². The summed E-state index contributed by atoms with van der Waals surface area (Å²) in [7, 11) is 15.2. The van der Waals surface area contributed by atoms with Gasteiger partial charge in [-0.25, -0.2) is 4.57 Å². The number of anilines is 2. The lowest BCUT2D eigenvalue weighted by Crippen LogP contribution is -2.33. The molecule has 0 aliphatic heterocycles. The molecule has 0 fully saturated rings. The van der Waals surface area contributed by atoms with Crippen molar-refractivity contribution in [3.8, 4) is 11.5 Å². The van der Waals surface area contributed by atoms with Gasteiger partial charge in [-0.05, 0) is 41.5 Å². The molecule has 3 rings (SSSR count). The molecule has 0 N–H and O–H groups in total. The van der Waals surface area contributed by atoms with Crippen LogP contribution in [0.2, 0.25) is 0 Å². The number of pyridine rings is 1. The van der Waals surface area contributed by atoms with Crippen LogP contribution in [-0.4, -0.2) is 66.7 Å². The molecule has 44 heavy (non-hydrogen) atoms. The molecule has 0 amide bonds. The van der Waals surface area contributed by atoms with Gasteiger partial charge >= 0.3 is 0 Å². The van der Waals surface area contributed by atoms with E-state index in [1.54, 1.807) is 14.2 Å². The Morgan fingerprint density at radius 3 is 1.98 bits per heavy atom. The van der Waals surface area contributed by atoms with E-state index in [4.69, 9.17) is 9.47 Å². The van der Waals surface area contributed by atoms with E-state index in [1.807, 2.05) is 86.4 Å². The van der Waals surface area contributed by atoms with Crippen molar-refractivity contribution in [3.05, 3.63) is 108 Å². The maximum atomic E-state index is 5.58. The monoisotopic (exact) mass is 629 g/mol. The van der Waals surface area contributed by atoms with Crippen LogP contribution in [0, 0.1) is 0 Å². The Labute approximate surface area is 271 Å². The largest absolute Gasteiger partial charge is 0.496 e. The fourth-order valence-corrected chi connectivity index (χ4v) is 5.94. The number of rotatable bonds is 17. The van der Waals surface area contributed by atoms with Crippen molar-refractivity contribution in [2.45, 2.75) is 6.54 Å². The van der Waals surface area contributed by atoms with E-state index >= 15 is 0 Å². The summed E-state index contributed by atoms with van der Waals surface area (Å²) in [4.78, 5) is 8.66. The summed E-state index contributed by atoms with van der Waals surface area (Å²) in [6.07, 6.45) is 18.2. The SMILES string of the molecule is C=CC(/C=C/c1ccc(N(C)C)cc1OC)=C\C=N\CCSSCC[n+]1ccc(/C=C/c2ccc(N(C)C)cc2OC)cc1. The Morgan fingerprint density at radius 1 is 0.818 bits per heavy atom. The van der Waals surface area contributed by atoms with Gasteiger partial charge in [0.15, 0.2) is 18.9 Å². The minimum absolute atomic E-state index is 0.777. The molecule has 0 saturated heterocycles. The normalized spacial score (nSPS) is 11.9. The van der Waals surface area contributed by atoms with Gasteiger partial charge in [-0.2, -0.15) is 0 Å². The average molecular weight is 630 g/mol. The zero-order valence-corrected chi connectivity index (χ0v) is 28.4. The predicted molar refractivity (Wildman–Crippen MR) is 196 cm³/mol. The number of benzene rings is 2. The molecule has 0 aliphatic carbocycles. The van der Waals surface area contributed by atoms with E-state index in [-0.39, 0.29) is 0 Å². The standard InChI is InChI=1S/C36H45N4O2S2/c1-8-29(9-11-31-13-15-33(38(2)3)27-35(31)41-6)17-20-37-21-25-43-44-26-24-40-22-18-30(19-23-40)10-12-32-14-16-34(39(4)5)28-36(32)42-7/h8-20,22-23,27-28H,1,21,24-26H2,2-7H3/q+1/b11-9+,29-17+,37-20+. The first-order chi connectivity index (χ1) is 21.3. The molecular formula is C36H45N4O2S2+. The van der Waals surface area contributed by atoms with E-state index < -0.39 is 0 Å². The highest BCUT2D eigenvalue weighted by atomic mass is 33.1. The maximum Gasteiger partial charge on any atom is 0.169 e. The number of hydrogen-bond donors (Lipinski definition) is 0. The Balaban J connectivity index is 1.37. The van der Waals surface area contributed by atoms with Crippen LogP contribution in [0.1, 0.15) is 16.7 Å². The summed E-state index contributed by atoms with van der Waals surface area (Å²) < 4.78 is 13.4. The fourth-order valence-electron chi connectivity index (χ4n) is 4.09. The number of ether oxygens (including phenoxy) is 2. The predicted octanol–water partition coefficient (Wildman–Crippen LogP) is 7.57. The van der Waals surface area contributed by atoms with Crippen LogP contribution in [-0.2, 0) is 6.54 Å². The highest BCUT2D eigenvalue weighted by Crippen LogP contribution is 2.27. The van der Waals surface area contributed by atoms with Gasteiger partial charge in [0, 0.05) is 93.5 Å². The zero-order valence-electron chi connectivity index (χ0n) is 26.8. The third-order valence-electron chi connectivity index (χ3n) is 6.72. The van der Waals surface area contributed by atoms with Gasteiger partial charge in [0.1, 0.15) is 11.5 Å². The maximum absolute atomic E-state index is 5.58. The van der Waals surface area contributed by atoms with Crippen molar-refractivity contribution in [1.29, 1.82) is 0 Å². The van der Waals surface area contributed by atoms with Crippen LogP contribution in [0.25, 0.3) is 18.2 Å². The lowest BCUT2D eigenvalue weighted by Gasteiger charge is -2.14. The van der Waals surface area contributed by atoms with Crippen molar-refractivity contribution in [2.75, 3.05) is 70.3 Å². The van der Waals surface area contributed by atoms with Crippen molar-refractivity contribution in [3.63, 3.8) is 0 Å². The van der Waals surface area contributed by atoms with Gasteiger partial charge in [-0.1, -0.05) is 58.5 Å². The highest BCUT2D eigenvalue weighted by Gasteiger charge is 2.05. The number of methoxy groups -OCH3 is 2. The molecule has 0 bridgehead atoms. The van der Waals surface area contributed by atoms with E-state index in [0.717, 1.165) is 69.7 Å². The van der Waals surface area contributed by atoms with Gasteiger partial charge in [0.2, 0.25) is 0 Å². The quantitative estimate of drug-likeness (QED) is 0.0505. The van der Waals surface area contributed by atoms with E-state index in [1.165, 1.54) is 0 Å². The molecule has 0 aliphatic rings. The molecule has 1 aromatic heterocycles. The lowest BCUT2D eigenvalue weighted by molar-refractivity contribution is -0.692. The number of aryl methyl sites for hydroxylation is 1. The number of aliphatic imine (C=N–C) groups is 1. The molecule has 0 spiro atoms. The van der Waals surface area contributed by atoms with Gasteiger partial charge in [-0.15, -0.1) is 0 Å². The second-order valence-corrected chi connectivity index (χ2v) is 12.9. The number of allylic oxidation sites excluding steroid dienone is 4. The molecule has 232 valence electrons. The smallest absolute Gasteiger partial charge is 0.169 e. The van der Waals surface area contributed by atoms with E-state index in [0.29, 0.717) is 0 Å². The number of hydrogen-bond acceptors (Lipinski definition) is 7. The molecule has 8 heteroatoms. The van der Waals surface area contributed by atoms with Crippen molar-refractivity contribution < 1.29 is 14.0 Å². The lowest BCUT2D eigenvalue weighted by atomic mass is 10.1. The molecule has 3 aromatic rings. The van der Waals surface area contributed by atoms with Gasteiger partial charge in [0.05, 0.1) is 20.0 Å². The van der Waals surface area contributed by atoms with Crippen molar-refractivity contribution in [2.24, 2.45) is 4.99 Å². The molecule has 0 saturated carbocycles. The van der Waals surface area contributed by atoms with E-state index in [9.17, 15) is 0 Å². The molecule has 6 nitrogen and oxygen atoms in total. The van der Waals surface area contributed by atoms with Crippen molar-refractivity contribution in [1.82, 2.24) is 0 Å².